The summed E-state index contributed by atoms with van der Waals surface area (Å²) < 4.78 is 5.24. The first-order chi connectivity index (χ1) is 16.8. The van der Waals surface area contributed by atoms with Crippen molar-refractivity contribution in [2.75, 3.05) is 0 Å². The summed E-state index contributed by atoms with van der Waals surface area (Å²) in [4.78, 5) is 0. The Hall–Kier alpha value is 0.760. The molecule has 0 aromatic rings. The first kappa shape index (κ1) is 25.1. The molecule has 2 heteroatoms. The SMILES string of the molecule is C[C@@H]([Si](C1CCCC1)(C1CCCC1)C1CCCC1)[Ge]([CH]1CCCC1)([CH]1CCCC1)[CH]1CCCC1. The molecule has 6 aliphatic carbocycles. The normalized spacial score (nSPS) is 31.0. The van der Waals surface area contributed by atoms with Crippen LogP contribution in [0.25, 0.3) is 0 Å². The van der Waals surface area contributed by atoms with E-state index in [1.807, 2.05) is 0 Å². The molecule has 0 aliphatic heterocycles. The Morgan fingerprint density at radius 1 is 0.412 bits per heavy atom. The Morgan fingerprint density at radius 2 is 0.647 bits per heavy atom. The second kappa shape index (κ2) is 10.9. The van der Waals surface area contributed by atoms with Gasteiger partial charge in [-0.25, -0.2) is 0 Å². The molecular weight excluding hydrogens is 485 g/mol. The Bertz CT molecular complexity index is 500. The minimum atomic E-state index is -2.13. The second-order valence-corrected chi connectivity index (χ2v) is 32.3. The summed E-state index contributed by atoms with van der Waals surface area (Å²) in [7, 11) is -1.35. The van der Waals surface area contributed by atoms with Crippen LogP contribution < -0.4 is 0 Å². The predicted octanol–water partition coefficient (Wildman–Crippen LogP) is 11.5. The monoisotopic (exact) mass is 544 g/mol. The van der Waals surface area contributed by atoms with Gasteiger partial charge >= 0.3 is 218 Å². The number of hydrogen-bond donors (Lipinski definition) is 0. The Morgan fingerprint density at radius 3 is 0.912 bits per heavy atom. The van der Waals surface area contributed by atoms with Crippen molar-refractivity contribution in [1.29, 1.82) is 0 Å². The molecule has 0 nitrogen and oxygen atoms in total. The first-order valence-corrected chi connectivity index (χ1v) is 23.9. The minimum absolute atomic E-state index is 1.27. The molecule has 0 amide bonds. The molecule has 6 saturated carbocycles. The third-order valence-corrected chi connectivity index (χ3v) is 42.8. The molecule has 0 heterocycles. The molecule has 0 N–H and O–H groups in total. The van der Waals surface area contributed by atoms with Crippen molar-refractivity contribution >= 4 is 21.3 Å². The van der Waals surface area contributed by atoms with Crippen LogP contribution in [0.5, 0.6) is 0 Å². The van der Waals surface area contributed by atoms with E-state index in [2.05, 4.69) is 6.92 Å². The summed E-state index contributed by atoms with van der Waals surface area (Å²) in [6, 6.07) is 0. The Balaban J connectivity index is 1.52. The van der Waals surface area contributed by atoms with Crippen LogP contribution in [0.2, 0.25) is 35.2 Å². The van der Waals surface area contributed by atoms with Crippen molar-refractivity contribution in [3.63, 3.8) is 0 Å². The molecular formula is C32H58GeSi. The van der Waals surface area contributed by atoms with E-state index in [1.54, 1.807) is 154 Å². The topological polar surface area (TPSA) is 0 Å². The van der Waals surface area contributed by atoms with E-state index in [0.717, 1.165) is 0 Å². The van der Waals surface area contributed by atoms with E-state index in [4.69, 9.17) is 0 Å². The summed E-state index contributed by atoms with van der Waals surface area (Å²) in [5.41, 5.74) is 3.80. The van der Waals surface area contributed by atoms with Crippen LogP contribution in [0.1, 0.15) is 161 Å². The Labute approximate surface area is 217 Å². The Kier molecular flexibility index (Phi) is 8.00. The van der Waals surface area contributed by atoms with Gasteiger partial charge in [0.25, 0.3) is 0 Å². The fourth-order valence-corrected chi connectivity index (χ4v) is 53.4. The van der Waals surface area contributed by atoms with Gasteiger partial charge in [0, 0.05) is 0 Å². The second-order valence-electron chi connectivity index (χ2n) is 14.6. The van der Waals surface area contributed by atoms with Crippen LogP contribution in [0, 0.1) is 0 Å². The van der Waals surface area contributed by atoms with E-state index in [-0.39, 0.29) is 0 Å². The maximum atomic E-state index is 3.14. The van der Waals surface area contributed by atoms with Gasteiger partial charge in [0.2, 0.25) is 0 Å². The van der Waals surface area contributed by atoms with Gasteiger partial charge in [0.1, 0.15) is 0 Å². The fourth-order valence-electron chi connectivity index (χ4n) is 13.1. The average molecular weight is 544 g/mol. The van der Waals surface area contributed by atoms with Gasteiger partial charge in [-0.3, -0.25) is 0 Å². The van der Waals surface area contributed by atoms with Crippen molar-refractivity contribution in [3.05, 3.63) is 0 Å². The van der Waals surface area contributed by atoms with Crippen molar-refractivity contribution in [2.24, 2.45) is 0 Å². The molecule has 0 unspecified atom stereocenters. The molecule has 0 saturated heterocycles. The molecule has 0 aromatic carbocycles. The van der Waals surface area contributed by atoms with Gasteiger partial charge < -0.3 is 0 Å². The van der Waals surface area contributed by atoms with Gasteiger partial charge in [-0.05, 0) is 0 Å². The predicted molar refractivity (Wildman–Crippen MR) is 154 cm³/mol. The van der Waals surface area contributed by atoms with Crippen LogP contribution in [-0.2, 0) is 0 Å². The summed E-state index contributed by atoms with van der Waals surface area (Å²) in [6.45, 7) is 3.14. The van der Waals surface area contributed by atoms with Crippen LogP contribution in [-0.4, -0.2) is 21.3 Å². The number of hydrogen-bond acceptors (Lipinski definition) is 0. The maximum absolute atomic E-state index is 3.14. The molecule has 6 rings (SSSR count). The van der Waals surface area contributed by atoms with E-state index in [9.17, 15) is 0 Å². The zero-order chi connectivity index (χ0) is 23.0. The first-order valence-electron chi connectivity index (χ1n) is 16.8. The van der Waals surface area contributed by atoms with Crippen molar-refractivity contribution in [3.8, 4) is 0 Å². The van der Waals surface area contributed by atoms with E-state index in [0.29, 0.717) is 0 Å². The molecule has 6 fully saturated rings. The summed E-state index contributed by atoms with van der Waals surface area (Å²) in [6.07, 6.45) is 39.8. The fraction of sp³-hybridized carbons (Fsp3) is 1.00. The molecule has 6 aliphatic rings. The summed E-state index contributed by atoms with van der Waals surface area (Å²) in [5, 5.41) is 0. The van der Waals surface area contributed by atoms with Crippen molar-refractivity contribution < 1.29 is 0 Å². The third-order valence-electron chi connectivity index (χ3n) is 13.9. The van der Waals surface area contributed by atoms with Gasteiger partial charge in [0.15, 0.2) is 0 Å². The molecule has 34 heavy (non-hydrogen) atoms. The zero-order valence-corrected chi connectivity index (χ0v) is 26.1. The standard InChI is InChI=1S/C32H58GeSi/c1-26(33(27-14-2-3-15-27,28-16-4-5-17-28)29-18-6-7-19-29)34(30-20-8-9-21-30,31-22-10-11-23-31)32-24-12-13-25-32/h26-32H,2-25H2,1H3/t26-/m1/s1. The van der Waals surface area contributed by atoms with Gasteiger partial charge in [-0.1, -0.05) is 0 Å². The molecule has 194 valence electrons. The van der Waals surface area contributed by atoms with E-state index in [1.165, 1.54) is 35.2 Å². The van der Waals surface area contributed by atoms with Crippen LogP contribution in [0.3, 0.4) is 0 Å². The number of rotatable bonds is 8. The average Bonchev–Trinajstić information content (AvgIpc) is 3.71. The zero-order valence-electron chi connectivity index (χ0n) is 23.0. The van der Waals surface area contributed by atoms with Gasteiger partial charge in [0.05, 0.1) is 0 Å². The molecule has 1 atom stereocenters. The van der Waals surface area contributed by atoms with E-state index < -0.39 is 21.3 Å². The van der Waals surface area contributed by atoms with Crippen LogP contribution in [0.15, 0.2) is 0 Å². The summed E-state index contributed by atoms with van der Waals surface area (Å²) in [5.74, 6) is 0. The van der Waals surface area contributed by atoms with Crippen molar-refractivity contribution in [2.45, 2.75) is 196 Å². The van der Waals surface area contributed by atoms with Crippen molar-refractivity contribution in [1.82, 2.24) is 0 Å². The van der Waals surface area contributed by atoms with Crippen LogP contribution in [0.4, 0.5) is 0 Å². The molecule has 0 spiro atoms. The molecule has 0 radical (unpaired) electrons. The van der Waals surface area contributed by atoms with E-state index >= 15 is 0 Å². The van der Waals surface area contributed by atoms with Crippen LogP contribution >= 0.6 is 0 Å². The molecule has 0 bridgehead atoms. The van der Waals surface area contributed by atoms with Gasteiger partial charge in [-0.15, -0.1) is 0 Å². The molecule has 0 aromatic heterocycles. The van der Waals surface area contributed by atoms with Gasteiger partial charge in [-0.2, -0.15) is 0 Å². The third kappa shape index (κ3) is 4.01. The quantitative estimate of drug-likeness (QED) is 0.267. The summed E-state index contributed by atoms with van der Waals surface area (Å²) >= 11 is -2.13.